The van der Waals surface area contributed by atoms with Crippen LogP contribution in [-0.2, 0) is 11.8 Å². The van der Waals surface area contributed by atoms with Gasteiger partial charge in [-0.25, -0.2) is 4.39 Å². The quantitative estimate of drug-likeness (QED) is 0.791. The predicted molar refractivity (Wildman–Crippen MR) is 66.9 cm³/mol. The smallest absolute Gasteiger partial charge is 0.372 e. The first-order valence-corrected chi connectivity index (χ1v) is 6.20. The van der Waals surface area contributed by atoms with E-state index < -0.39 is 40.5 Å². The first-order chi connectivity index (χ1) is 10.5. The lowest BCUT2D eigenvalue weighted by Crippen LogP contribution is -2.44. The van der Waals surface area contributed by atoms with E-state index in [4.69, 9.17) is 0 Å². The molecular weight excluding hydrogens is 329 g/mol. The van der Waals surface area contributed by atoms with Crippen molar-refractivity contribution in [3.05, 3.63) is 71.0 Å². The lowest BCUT2D eigenvalue weighted by Gasteiger charge is -2.31. The van der Waals surface area contributed by atoms with Gasteiger partial charge in [0.2, 0.25) is 5.60 Å². The van der Waals surface area contributed by atoms with E-state index in [1.54, 1.807) is 0 Å². The maximum absolute atomic E-state index is 13.7. The van der Waals surface area contributed by atoms with Gasteiger partial charge in [-0.3, -0.25) is 0 Å². The van der Waals surface area contributed by atoms with E-state index in [2.05, 4.69) is 0 Å². The largest absolute Gasteiger partial charge is 0.425 e. The summed E-state index contributed by atoms with van der Waals surface area (Å²) in [7, 11) is 0. The summed E-state index contributed by atoms with van der Waals surface area (Å²) in [5, 5.41) is 10.1. The molecule has 0 heterocycles. The molecule has 0 aliphatic rings. The Morgan fingerprint density at radius 3 is 1.61 bits per heavy atom. The Kier molecular flexibility index (Phi) is 4.14. The minimum absolute atomic E-state index is 0.396. The Morgan fingerprint density at radius 2 is 1.17 bits per heavy atom. The highest BCUT2D eigenvalue weighted by Gasteiger charge is 2.57. The van der Waals surface area contributed by atoms with Gasteiger partial charge in [-0.05, 0) is 23.8 Å². The molecule has 2 rings (SSSR count). The molecule has 0 fully saturated rings. The Bertz CT molecular complexity index is 688. The Labute approximate surface area is 126 Å². The van der Waals surface area contributed by atoms with E-state index in [1.807, 2.05) is 0 Å². The molecule has 0 saturated carbocycles. The van der Waals surface area contributed by atoms with E-state index in [9.17, 15) is 35.8 Å². The van der Waals surface area contributed by atoms with Crippen molar-refractivity contribution in [2.24, 2.45) is 0 Å². The highest BCUT2D eigenvalue weighted by atomic mass is 19.4. The van der Waals surface area contributed by atoms with Crippen LogP contribution >= 0.6 is 0 Å². The molecular formula is C15H9F7O. The molecule has 1 N–H and O–H groups in total. The van der Waals surface area contributed by atoms with Crippen LogP contribution in [0, 0.1) is 5.82 Å². The minimum atomic E-state index is -5.34. The van der Waals surface area contributed by atoms with Crippen LogP contribution in [0.1, 0.15) is 16.7 Å². The van der Waals surface area contributed by atoms with E-state index in [1.165, 1.54) is 0 Å². The summed E-state index contributed by atoms with van der Waals surface area (Å²) < 4.78 is 91.3. The van der Waals surface area contributed by atoms with Crippen molar-refractivity contribution in [3.63, 3.8) is 0 Å². The highest BCUT2D eigenvalue weighted by molar-refractivity contribution is 5.40. The van der Waals surface area contributed by atoms with Crippen molar-refractivity contribution < 1.29 is 35.8 Å². The van der Waals surface area contributed by atoms with Gasteiger partial charge >= 0.3 is 12.4 Å². The zero-order valence-electron chi connectivity index (χ0n) is 11.2. The van der Waals surface area contributed by atoms with Crippen molar-refractivity contribution in [1.29, 1.82) is 0 Å². The zero-order chi connectivity index (χ0) is 17.5. The molecule has 1 nitrogen and oxygen atoms in total. The van der Waals surface area contributed by atoms with E-state index in [0.29, 0.717) is 24.3 Å². The van der Waals surface area contributed by atoms with E-state index >= 15 is 0 Å². The van der Waals surface area contributed by atoms with Gasteiger partial charge in [0.25, 0.3) is 0 Å². The summed E-state index contributed by atoms with van der Waals surface area (Å²) >= 11 is 0. The van der Waals surface area contributed by atoms with Gasteiger partial charge in [0.1, 0.15) is 5.82 Å². The number of hydrogen-bond acceptors (Lipinski definition) is 1. The average Bonchev–Trinajstić information content (AvgIpc) is 2.45. The van der Waals surface area contributed by atoms with Crippen LogP contribution in [0.3, 0.4) is 0 Å². The molecule has 0 bridgehead atoms. The van der Waals surface area contributed by atoms with Crippen LogP contribution < -0.4 is 0 Å². The van der Waals surface area contributed by atoms with Gasteiger partial charge in [0.05, 0.1) is 5.56 Å². The first-order valence-electron chi connectivity index (χ1n) is 6.20. The van der Waals surface area contributed by atoms with Crippen molar-refractivity contribution in [2.75, 3.05) is 0 Å². The van der Waals surface area contributed by atoms with Crippen molar-refractivity contribution in [3.8, 4) is 0 Å². The molecule has 0 aliphatic carbocycles. The van der Waals surface area contributed by atoms with Crippen LogP contribution in [0.5, 0.6) is 0 Å². The third kappa shape index (κ3) is 3.03. The van der Waals surface area contributed by atoms with Gasteiger partial charge in [-0.2, -0.15) is 26.3 Å². The lowest BCUT2D eigenvalue weighted by atomic mass is 9.85. The summed E-state index contributed by atoms with van der Waals surface area (Å²) in [6, 6.07) is 5.39. The number of aliphatic hydroxyl groups is 1. The summed E-state index contributed by atoms with van der Waals surface area (Å²) in [5.74, 6) is -1.33. The highest BCUT2D eigenvalue weighted by Crippen LogP contribution is 2.45. The molecule has 124 valence electrons. The number of rotatable bonds is 2. The molecule has 0 aromatic heterocycles. The Hall–Kier alpha value is -2.09. The SMILES string of the molecule is OC(c1ccc(C(F)(F)F)cc1)(c1ccccc1F)C(F)(F)F. The van der Waals surface area contributed by atoms with Crippen LogP contribution in [0.4, 0.5) is 30.7 Å². The fraction of sp³-hybridized carbons (Fsp3) is 0.200. The normalized spacial score (nSPS) is 15.3. The van der Waals surface area contributed by atoms with Crippen LogP contribution in [-0.4, -0.2) is 11.3 Å². The summed E-state index contributed by atoms with van der Waals surface area (Å²) in [5.41, 5.74) is -6.95. The molecule has 1 atom stereocenters. The summed E-state index contributed by atoms with van der Waals surface area (Å²) in [6.07, 6.45) is -10.1. The topological polar surface area (TPSA) is 20.2 Å². The molecule has 2 aromatic rings. The standard InChI is InChI=1S/C15H9F7O/c16-12-4-2-1-3-11(12)13(23,15(20,21)22)9-5-7-10(8-6-9)14(17,18)19/h1-8,23H. The second kappa shape index (κ2) is 5.52. The maximum Gasteiger partial charge on any atom is 0.425 e. The van der Waals surface area contributed by atoms with Gasteiger partial charge in [-0.1, -0.05) is 30.3 Å². The monoisotopic (exact) mass is 338 g/mol. The maximum atomic E-state index is 13.7. The van der Waals surface area contributed by atoms with Gasteiger partial charge in [0, 0.05) is 5.56 Å². The first kappa shape index (κ1) is 17.3. The molecule has 23 heavy (non-hydrogen) atoms. The van der Waals surface area contributed by atoms with Gasteiger partial charge in [0.15, 0.2) is 0 Å². The third-order valence-corrected chi connectivity index (χ3v) is 3.30. The molecule has 0 saturated heterocycles. The number of benzene rings is 2. The Morgan fingerprint density at radius 1 is 0.696 bits per heavy atom. The minimum Gasteiger partial charge on any atom is -0.372 e. The molecule has 8 heteroatoms. The van der Waals surface area contributed by atoms with E-state index in [-0.39, 0.29) is 0 Å². The number of halogens is 7. The third-order valence-electron chi connectivity index (χ3n) is 3.30. The zero-order valence-corrected chi connectivity index (χ0v) is 11.2. The lowest BCUT2D eigenvalue weighted by molar-refractivity contribution is -0.249. The predicted octanol–water partition coefficient (Wildman–Crippen LogP) is 4.64. The molecule has 1 unspecified atom stereocenters. The second-order valence-corrected chi connectivity index (χ2v) is 4.76. The van der Waals surface area contributed by atoms with Crippen LogP contribution in [0.2, 0.25) is 0 Å². The molecule has 0 aliphatic heterocycles. The fourth-order valence-corrected chi connectivity index (χ4v) is 2.13. The molecule has 0 amide bonds. The van der Waals surface area contributed by atoms with Crippen LogP contribution in [0.25, 0.3) is 0 Å². The van der Waals surface area contributed by atoms with Gasteiger partial charge in [-0.15, -0.1) is 0 Å². The summed E-state index contributed by atoms with van der Waals surface area (Å²) in [6.45, 7) is 0. The number of hydrogen-bond donors (Lipinski definition) is 1. The van der Waals surface area contributed by atoms with Crippen molar-refractivity contribution >= 4 is 0 Å². The average molecular weight is 338 g/mol. The second-order valence-electron chi connectivity index (χ2n) is 4.76. The van der Waals surface area contributed by atoms with E-state index in [0.717, 1.165) is 24.3 Å². The van der Waals surface area contributed by atoms with Gasteiger partial charge < -0.3 is 5.11 Å². The molecule has 2 aromatic carbocycles. The molecule has 0 spiro atoms. The Balaban J connectivity index is 2.64. The van der Waals surface area contributed by atoms with Crippen molar-refractivity contribution in [2.45, 2.75) is 18.0 Å². The summed E-state index contributed by atoms with van der Waals surface area (Å²) in [4.78, 5) is 0. The number of alkyl halides is 6. The fourth-order valence-electron chi connectivity index (χ4n) is 2.13. The van der Waals surface area contributed by atoms with Crippen molar-refractivity contribution in [1.82, 2.24) is 0 Å². The van der Waals surface area contributed by atoms with Crippen LogP contribution in [0.15, 0.2) is 48.5 Å². The molecule has 0 radical (unpaired) electrons.